The van der Waals surface area contributed by atoms with Crippen LogP contribution in [0.2, 0.25) is 0 Å². The van der Waals surface area contributed by atoms with Gasteiger partial charge in [0.25, 0.3) is 0 Å². The molecule has 0 aromatic rings. The summed E-state index contributed by atoms with van der Waals surface area (Å²) in [4.78, 5) is 13.1. The Kier molecular flexibility index (Phi) is 51.3. The zero-order chi connectivity index (χ0) is 60.1. The Morgan fingerprint density at radius 3 is 1.18 bits per heavy atom. The molecular formula is C69H126O14. The molecule has 0 aromatic carbocycles. The van der Waals surface area contributed by atoms with Gasteiger partial charge in [0.15, 0.2) is 12.6 Å². The van der Waals surface area contributed by atoms with E-state index in [-0.39, 0.29) is 25.6 Å². The van der Waals surface area contributed by atoms with Gasteiger partial charge in [-0.2, -0.15) is 0 Å². The number of carbonyl (C=O) groups is 1. The fraction of sp³-hybridized carbons (Fsp3) is 0.870. The zero-order valence-corrected chi connectivity index (χ0v) is 52.7. The molecule has 83 heavy (non-hydrogen) atoms. The molecule has 2 saturated heterocycles. The number of rotatable bonds is 57. The largest absolute Gasteiger partial charge is 0.457 e. The van der Waals surface area contributed by atoms with Crippen LogP contribution in [0.1, 0.15) is 284 Å². The normalized spacial score (nSPS) is 23.7. The summed E-state index contributed by atoms with van der Waals surface area (Å²) in [5, 5.41) is 72.6. The molecule has 0 aromatic heterocycles. The molecule has 486 valence electrons. The Balaban J connectivity index is 1.65. The van der Waals surface area contributed by atoms with Crippen molar-refractivity contribution in [2.45, 2.75) is 351 Å². The number of allylic oxidation sites excluding steroid dienone is 8. The summed E-state index contributed by atoms with van der Waals surface area (Å²) in [6.45, 7) is 3.72. The van der Waals surface area contributed by atoms with E-state index in [1.165, 1.54) is 199 Å². The average Bonchev–Trinajstić information content (AvgIpc) is 3.67. The first-order chi connectivity index (χ1) is 40.6. The van der Waals surface area contributed by atoms with Crippen LogP contribution in [0.3, 0.4) is 0 Å². The SMILES string of the molecule is CCCCCCC/C=C\C/C=C\C/C=C\CCCCCCCCCCCCC(=O)OC(COCCCCCCCCCCCCCC/C=C\CCCCCCCCCC)COC1OC(COC2OC(CO)C(O)C(O)C2O)C(O)C(O)C1O. The minimum absolute atomic E-state index is 0.0609. The molecule has 7 N–H and O–H groups in total. The van der Waals surface area contributed by atoms with Crippen LogP contribution in [0.15, 0.2) is 48.6 Å². The third-order valence-electron chi connectivity index (χ3n) is 16.3. The monoisotopic (exact) mass is 1180 g/mol. The number of unbranched alkanes of at least 4 members (excludes halogenated alkanes) is 35. The summed E-state index contributed by atoms with van der Waals surface area (Å²) in [6, 6.07) is 0. The van der Waals surface area contributed by atoms with E-state index in [0.29, 0.717) is 13.0 Å². The van der Waals surface area contributed by atoms with Crippen molar-refractivity contribution in [3.63, 3.8) is 0 Å². The van der Waals surface area contributed by atoms with Gasteiger partial charge in [0.2, 0.25) is 0 Å². The Hall–Kier alpha value is -2.05. The molecule has 2 heterocycles. The first kappa shape index (κ1) is 77.0. The van der Waals surface area contributed by atoms with Crippen LogP contribution in [0.25, 0.3) is 0 Å². The lowest BCUT2D eigenvalue weighted by Crippen LogP contribution is -2.61. The number of ether oxygens (including phenoxy) is 6. The molecule has 11 unspecified atom stereocenters. The van der Waals surface area contributed by atoms with Crippen molar-refractivity contribution in [2.24, 2.45) is 0 Å². The van der Waals surface area contributed by atoms with Gasteiger partial charge in [0, 0.05) is 13.0 Å². The lowest BCUT2D eigenvalue weighted by atomic mass is 9.98. The predicted octanol–water partition coefficient (Wildman–Crippen LogP) is 14.2. The van der Waals surface area contributed by atoms with Crippen LogP contribution < -0.4 is 0 Å². The second kappa shape index (κ2) is 55.3. The Morgan fingerprint density at radius 1 is 0.398 bits per heavy atom. The Bertz CT molecular complexity index is 1560. The van der Waals surface area contributed by atoms with Crippen LogP contribution >= 0.6 is 0 Å². The number of carbonyl (C=O) groups excluding carboxylic acids is 1. The maximum atomic E-state index is 13.1. The van der Waals surface area contributed by atoms with E-state index in [4.69, 9.17) is 28.4 Å². The minimum atomic E-state index is -1.71. The van der Waals surface area contributed by atoms with Crippen LogP contribution in [0.5, 0.6) is 0 Å². The third-order valence-corrected chi connectivity index (χ3v) is 16.3. The van der Waals surface area contributed by atoms with Crippen molar-refractivity contribution in [2.75, 3.05) is 33.0 Å². The first-order valence-corrected chi connectivity index (χ1v) is 34.2. The van der Waals surface area contributed by atoms with E-state index in [1.54, 1.807) is 0 Å². The Morgan fingerprint density at radius 2 is 0.747 bits per heavy atom. The molecule has 0 spiro atoms. The fourth-order valence-electron chi connectivity index (χ4n) is 10.8. The van der Waals surface area contributed by atoms with E-state index < -0.39 is 80.7 Å². The summed E-state index contributed by atoms with van der Waals surface area (Å²) < 4.78 is 34.5. The standard InChI is InChI=1S/C69H126O14/c1-3-5-7-9-11-13-15-17-19-21-23-25-27-29-30-32-34-36-38-40-42-44-46-48-50-52-61(71)81-58(56-79-68-67(77)65(75)63(73)60(83-68)57-80-69-66(76)64(74)62(72)59(54-70)82-69)55-78-53-51-49-47-45-43-41-39-37-35-33-31-28-26-24-22-20-18-16-14-12-10-8-6-4-2/h15,17,21-24,27,29,58-60,62-70,72-77H,3-14,16,18-20,25-26,28,30-57H2,1-2H3/b17-15-,23-21-,24-22-,29-27-. The molecule has 0 saturated carbocycles. The molecule has 2 fully saturated rings. The van der Waals surface area contributed by atoms with Gasteiger partial charge >= 0.3 is 5.97 Å². The smallest absolute Gasteiger partial charge is 0.306 e. The predicted molar refractivity (Wildman–Crippen MR) is 335 cm³/mol. The third kappa shape index (κ3) is 40.9. The molecular weight excluding hydrogens is 1050 g/mol. The van der Waals surface area contributed by atoms with Crippen molar-refractivity contribution in [1.82, 2.24) is 0 Å². The maximum absolute atomic E-state index is 13.1. The van der Waals surface area contributed by atoms with Gasteiger partial charge in [0.05, 0.1) is 26.4 Å². The number of aliphatic hydroxyl groups excluding tert-OH is 7. The van der Waals surface area contributed by atoms with Gasteiger partial charge in [-0.05, 0) is 77.0 Å². The van der Waals surface area contributed by atoms with Crippen LogP contribution in [-0.4, -0.2) is 142 Å². The quantitative estimate of drug-likeness (QED) is 0.0171. The maximum Gasteiger partial charge on any atom is 0.306 e. The van der Waals surface area contributed by atoms with Crippen LogP contribution in [-0.2, 0) is 33.2 Å². The topological polar surface area (TPSA) is 214 Å². The summed E-state index contributed by atoms with van der Waals surface area (Å²) >= 11 is 0. The second-order valence-electron chi connectivity index (χ2n) is 24.0. The first-order valence-electron chi connectivity index (χ1n) is 34.2. The molecule has 0 amide bonds. The number of aliphatic hydroxyl groups is 7. The average molecular weight is 1180 g/mol. The summed E-state index contributed by atoms with van der Waals surface area (Å²) in [7, 11) is 0. The summed E-state index contributed by atoms with van der Waals surface area (Å²) in [6.07, 6.45) is 53.2. The van der Waals surface area contributed by atoms with Crippen LogP contribution in [0.4, 0.5) is 0 Å². The van der Waals surface area contributed by atoms with Crippen molar-refractivity contribution < 1.29 is 69.0 Å². The number of hydrogen-bond acceptors (Lipinski definition) is 14. The molecule has 0 bridgehead atoms. The molecule has 0 aliphatic carbocycles. The van der Waals surface area contributed by atoms with E-state index >= 15 is 0 Å². The molecule has 14 nitrogen and oxygen atoms in total. The van der Waals surface area contributed by atoms with Crippen molar-refractivity contribution >= 4 is 5.97 Å². The van der Waals surface area contributed by atoms with Gasteiger partial charge in [-0.25, -0.2) is 0 Å². The molecule has 2 aliphatic heterocycles. The van der Waals surface area contributed by atoms with Gasteiger partial charge in [-0.1, -0.05) is 249 Å². The molecule has 2 rings (SSSR count). The number of hydrogen-bond donors (Lipinski definition) is 7. The lowest BCUT2D eigenvalue weighted by molar-refractivity contribution is -0.332. The number of esters is 1. The highest BCUT2D eigenvalue weighted by atomic mass is 16.7. The zero-order valence-electron chi connectivity index (χ0n) is 52.7. The molecule has 0 radical (unpaired) electrons. The molecule has 11 atom stereocenters. The van der Waals surface area contributed by atoms with Gasteiger partial charge in [-0.3, -0.25) is 4.79 Å². The van der Waals surface area contributed by atoms with E-state index in [9.17, 15) is 40.5 Å². The van der Waals surface area contributed by atoms with Crippen LogP contribution in [0, 0.1) is 0 Å². The highest BCUT2D eigenvalue weighted by Crippen LogP contribution is 2.27. The van der Waals surface area contributed by atoms with Crippen molar-refractivity contribution in [3.05, 3.63) is 48.6 Å². The minimum Gasteiger partial charge on any atom is -0.457 e. The molecule has 2 aliphatic rings. The Labute approximate surface area is 505 Å². The van der Waals surface area contributed by atoms with Crippen molar-refractivity contribution in [3.8, 4) is 0 Å². The van der Waals surface area contributed by atoms with Crippen molar-refractivity contribution in [1.29, 1.82) is 0 Å². The van der Waals surface area contributed by atoms with E-state index in [0.717, 1.165) is 57.8 Å². The van der Waals surface area contributed by atoms with E-state index in [2.05, 4.69) is 62.5 Å². The summed E-state index contributed by atoms with van der Waals surface area (Å²) in [5.74, 6) is -0.376. The highest BCUT2D eigenvalue weighted by Gasteiger charge is 2.47. The van der Waals surface area contributed by atoms with E-state index in [1.807, 2.05) is 0 Å². The van der Waals surface area contributed by atoms with Gasteiger partial charge < -0.3 is 64.2 Å². The summed E-state index contributed by atoms with van der Waals surface area (Å²) in [5.41, 5.74) is 0. The van der Waals surface area contributed by atoms with Gasteiger partial charge in [0.1, 0.15) is 54.9 Å². The molecule has 14 heteroatoms. The highest BCUT2D eigenvalue weighted by molar-refractivity contribution is 5.69. The van der Waals surface area contributed by atoms with Gasteiger partial charge in [-0.15, -0.1) is 0 Å². The lowest BCUT2D eigenvalue weighted by Gasteiger charge is -2.42. The fourth-order valence-corrected chi connectivity index (χ4v) is 10.8. The second-order valence-corrected chi connectivity index (χ2v) is 24.0.